The zero-order valence-electron chi connectivity index (χ0n) is 12.8. The highest BCUT2D eigenvalue weighted by molar-refractivity contribution is 6.31. The Kier molecular flexibility index (Phi) is 5.69. The van der Waals surface area contributed by atoms with Crippen LogP contribution in [0.2, 0.25) is 5.02 Å². The van der Waals surface area contributed by atoms with Crippen molar-refractivity contribution in [2.75, 3.05) is 26.3 Å². The molecular weight excluding hydrogens is 303 g/mol. The van der Waals surface area contributed by atoms with Crippen molar-refractivity contribution in [2.24, 2.45) is 5.92 Å². The molecule has 3 nitrogen and oxygen atoms in total. The lowest BCUT2D eigenvalue weighted by atomic mass is 9.94. The summed E-state index contributed by atoms with van der Waals surface area (Å²) in [7, 11) is 0. The van der Waals surface area contributed by atoms with Crippen LogP contribution >= 0.6 is 11.6 Å². The average molecular weight is 327 g/mol. The van der Waals surface area contributed by atoms with Gasteiger partial charge in [-0.2, -0.15) is 0 Å². The molecule has 0 radical (unpaired) electrons. The first-order valence-electron chi connectivity index (χ1n) is 8.22. The maximum atomic E-state index is 13.1. The third-order valence-electron chi connectivity index (χ3n) is 4.85. The van der Waals surface area contributed by atoms with Crippen LogP contribution < -0.4 is 10.6 Å². The number of rotatable bonds is 5. The molecular formula is C17H24ClFN2O. The van der Waals surface area contributed by atoms with Crippen molar-refractivity contribution >= 4 is 11.6 Å². The molecule has 1 saturated heterocycles. The highest BCUT2D eigenvalue weighted by atomic mass is 35.5. The lowest BCUT2D eigenvalue weighted by Gasteiger charge is -2.33. The molecule has 1 aromatic carbocycles. The fourth-order valence-electron chi connectivity index (χ4n) is 3.70. The van der Waals surface area contributed by atoms with Gasteiger partial charge in [-0.15, -0.1) is 0 Å². The zero-order chi connectivity index (χ0) is 15.4. The van der Waals surface area contributed by atoms with E-state index in [9.17, 15) is 4.39 Å². The van der Waals surface area contributed by atoms with E-state index in [0.29, 0.717) is 23.0 Å². The van der Waals surface area contributed by atoms with Crippen LogP contribution in [0.5, 0.6) is 0 Å². The molecule has 1 saturated carbocycles. The minimum absolute atomic E-state index is 0.277. The van der Waals surface area contributed by atoms with Gasteiger partial charge in [0.05, 0.1) is 13.2 Å². The normalized spacial score (nSPS) is 28.9. The molecule has 2 fully saturated rings. The van der Waals surface area contributed by atoms with Gasteiger partial charge in [-0.05, 0) is 49.4 Å². The summed E-state index contributed by atoms with van der Waals surface area (Å²) in [4.78, 5) is 0. The molecule has 0 aromatic heterocycles. The summed E-state index contributed by atoms with van der Waals surface area (Å²) in [5.74, 6) is 0.366. The van der Waals surface area contributed by atoms with E-state index >= 15 is 0 Å². The highest BCUT2D eigenvalue weighted by Gasteiger charge is 2.34. The van der Waals surface area contributed by atoms with E-state index in [2.05, 4.69) is 10.6 Å². The fraction of sp³-hybridized carbons (Fsp3) is 0.647. The van der Waals surface area contributed by atoms with Crippen LogP contribution in [-0.2, 0) is 11.2 Å². The van der Waals surface area contributed by atoms with Crippen molar-refractivity contribution in [3.8, 4) is 0 Å². The van der Waals surface area contributed by atoms with Crippen LogP contribution in [0.25, 0.3) is 0 Å². The largest absolute Gasteiger partial charge is 0.379 e. The molecule has 5 heteroatoms. The molecule has 22 heavy (non-hydrogen) atoms. The Morgan fingerprint density at radius 3 is 3.05 bits per heavy atom. The molecule has 3 rings (SSSR count). The molecule has 122 valence electrons. The van der Waals surface area contributed by atoms with Crippen molar-refractivity contribution in [2.45, 2.75) is 37.8 Å². The van der Waals surface area contributed by atoms with E-state index in [0.717, 1.165) is 38.3 Å². The second-order valence-corrected chi connectivity index (χ2v) is 6.68. The summed E-state index contributed by atoms with van der Waals surface area (Å²) in [6, 6.07) is 5.66. The molecule has 3 unspecified atom stereocenters. The van der Waals surface area contributed by atoms with E-state index in [4.69, 9.17) is 16.3 Å². The zero-order valence-corrected chi connectivity index (χ0v) is 13.5. The van der Waals surface area contributed by atoms with Gasteiger partial charge in [-0.3, -0.25) is 0 Å². The monoisotopic (exact) mass is 326 g/mol. The van der Waals surface area contributed by atoms with Crippen molar-refractivity contribution in [3.05, 3.63) is 34.6 Å². The molecule has 2 aliphatic rings. The minimum Gasteiger partial charge on any atom is -0.379 e. The van der Waals surface area contributed by atoms with E-state index in [1.165, 1.54) is 31.4 Å². The Labute approximate surface area is 136 Å². The molecule has 0 spiro atoms. The molecule has 1 aromatic rings. The Bertz CT molecular complexity index is 494. The summed E-state index contributed by atoms with van der Waals surface area (Å²) in [6.07, 6.45) is 4.59. The van der Waals surface area contributed by atoms with Crippen LogP contribution in [0, 0.1) is 11.7 Å². The van der Waals surface area contributed by atoms with Gasteiger partial charge < -0.3 is 15.4 Å². The summed E-state index contributed by atoms with van der Waals surface area (Å²) < 4.78 is 18.7. The lowest BCUT2D eigenvalue weighted by Crippen LogP contribution is -2.51. The van der Waals surface area contributed by atoms with E-state index < -0.39 is 0 Å². The van der Waals surface area contributed by atoms with Crippen LogP contribution in [-0.4, -0.2) is 38.4 Å². The smallest absolute Gasteiger partial charge is 0.124 e. The molecule has 2 N–H and O–H groups in total. The van der Waals surface area contributed by atoms with Gasteiger partial charge in [-0.1, -0.05) is 24.1 Å². The summed E-state index contributed by atoms with van der Waals surface area (Å²) >= 11 is 6.08. The molecule has 1 aliphatic carbocycles. The fourth-order valence-corrected chi connectivity index (χ4v) is 3.96. The summed E-state index contributed by atoms with van der Waals surface area (Å²) in [6.45, 7) is 3.48. The third-order valence-corrected chi connectivity index (χ3v) is 5.20. The molecule has 0 amide bonds. The molecule has 1 aliphatic heterocycles. The molecule has 0 bridgehead atoms. The Hall–Kier alpha value is -0.680. The van der Waals surface area contributed by atoms with Gasteiger partial charge >= 0.3 is 0 Å². The number of halogens is 2. The van der Waals surface area contributed by atoms with Crippen molar-refractivity contribution < 1.29 is 9.13 Å². The number of morpholine rings is 1. The van der Waals surface area contributed by atoms with Crippen LogP contribution in [0.1, 0.15) is 24.8 Å². The quantitative estimate of drug-likeness (QED) is 0.873. The van der Waals surface area contributed by atoms with Crippen molar-refractivity contribution in [1.82, 2.24) is 10.6 Å². The van der Waals surface area contributed by atoms with Crippen molar-refractivity contribution in [3.63, 3.8) is 0 Å². The SMILES string of the molecule is Fc1ccc(CCNC2CCCC2C2COCCN2)c(Cl)c1. The number of ether oxygens (including phenoxy) is 1. The highest BCUT2D eigenvalue weighted by Crippen LogP contribution is 2.29. The van der Waals surface area contributed by atoms with Gasteiger partial charge in [-0.25, -0.2) is 4.39 Å². The minimum atomic E-state index is -0.277. The van der Waals surface area contributed by atoms with Gasteiger partial charge in [0.15, 0.2) is 0 Å². The summed E-state index contributed by atoms with van der Waals surface area (Å²) in [5, 5.41) is 7.78. The number of hydrogen-bond acceptors (Lipinski definition) is 3. The maximum Gasteiger partial charge on any atom is 0.124 e. The summed E-state index contributed by atoms with van der Waals surface area (Å²) in [5.41, 5.74) is 1.00. The van der Waals surface area contributed by atoms with Gasteiger partial charge in [0.25, 0.3) is 0 Å². The van der Waals surface area contributed by atoms with Gasteiger partial charge in [0.1, 0.15) is 5.82 Å². The van der Waals surface area contributed by atoms with Crippen molar-refractivity contribution in [1.29, 1.82) is 0 Å². The maximum absolute atomic E-state index is 13.1. The number of benzene rings is 1. The second kappa shape index (κ2) is 7.73. The predicted octanol–water partition coefficient (Wildman–Crippen LogP) is 2.77. The van der Waals surface area contributed by atoms with E-state index in [1.807, 2.05) is 0 Å². The number of hydrogen-bond donors (Lipinski definition) is 2. The third kappa shape index (κ3) is 3.99. The second-order valence-electron chi connectivity index (χ2n) is 6.28. The molecule has 3 atom stereocenters. The first-order chi connectivity index (χ1) is 10.7. The average Bonchev–Trinajstić information content (AvgIpc) is 2.99. The Morgan fingerprint density at radius 2 is 2.27 bits per heavy atom. The first kappa shape index (κ1) is 16.2. The van der Waals surface area contributed by atoms with Crippen LogP contribution in [0.3, 0.4) is 0 Å². The predicted molar refractivity (Wildman–Crippen MR) is 86.9 cm³/mol. The Balaban J connectivity index is 1.49. The van der Waals surface area contributed by atoms with E-state index in [1.54, 1.807) is 6.07 Å². The first-order valence-corrected chi connectivity index (χ1v) is 8.60. The topological polar surface area (TPSA) is 33.3 Å². The van der Waals surface area contributed by atoms with Gasteiger partial charge in [0.2, 0.25) is 0 Å². The lowest BCUT2D eigenvalue weighted by molar-refractivity contribution is 0.0526. The van der Waals surface area contributed by atoms with Gasteiger partial charge in [0, 0.05) is 23.7 Å². The molecule has 1 heterocycles. The van der Waals surface area contributed by atoms with Crippen LogP contribution in [0.15, 0.2) is 18.2 Å². The Morgan fingerprint density at radius 1 is 1.36 bits per heavy atom. The number of nitrogens with one attached hydrogen (secondary N) is 2. The van der Waals surface area contributed by atoms with E-state index in [-0.39, 0.29) is 5.82 Å². The standard InChI is InChI=1S/C17H24ClFN2O/c18-15-10-13(19)5-4-12(15)6-7-20-16-3-1-2-14(16)17-11-22-9-8-21-17/h4-5,10,14,16-17,20-21H,1-3,6-9,11H2. The van der Waals surface area contributed by atoms with Crippen LogP contribution in [0.4, 0.5) is 4.39 Å².